The summed E-state index contributed by atoms with van der Waals surface area (Å²) in [7, 11) is -1.68. The molecule has 198 valence electrons. The second-order valence-electron chi connectivity index (χ2n) is 12.0. The molecular formula is C25H42N4O5S. The zero-order valence-electron chi connectivity index (χ0n) is 21.4. The fourth-order valence-electron chi connectivity index (χ4n) is 6.54. The Morgan fingerprint density at radius 1 is 1.17 bits per heavy atom. The second-order valence-corrected chi connectivity index (χ2v) is 13.9. The molecule has 7 unspecified atom stereocenters. The maximum Gasteiger partial charge on any atom is 0.246 e. The molecule has 35 heavy (non-hydrogen) atoms. The van der Waals surface area contributed by atoms with Gasteiger partial charge in [-0.15, -0.1) is 0 Å². The zero-order chi connectivity index (χ0) is 24.8. The summed E-state index contributed by atoms with van der Waals surface area (Å²) in [5.41, 5.74) is 3.76. The number of hydrazone groups is 1. The minimum atomic E-state index is -3.47. The summed E-state index contributed by atoms with van der Waals surface area (Å²) in [6.07, 6.45) is 9.70. The third kappa shape index (κ3) is 5.76. The third-order valence-electron chi connectivity index (χ3n) is 8.87. The lowest BCUT2D eigenvalue weighted by atomic mass is 9.71. The van der Waals surface area contributed by atoms with E-state index in [2.05, 4.69) is 17.1 Å². The predicted octanol–water partition coefficient (Wildman–Crippen LogP) is 2.72. The Morgan fingerprint density at radius 3 is 2.66 bits per heavy atom. The van der Waals surface area contributed by atoms with Gasteiger partial charge >= 0.3 is 0 Å². The fraction of sp³-hybridized carbons (Fsp3) is 0.920. The lowest BCUT2D eigenvalue weighted by Crippen LogP contribution is -2.52. The number of ether oxygens (including phenoxy) is 1. The van der Waals surface area contributed by atoms with E-state index in [0.717, 1.165) is 57.1 Å². The minimum Gasteiger partial charge on any atom is -0.381 e. The van der Waals surface area contributed by atoms with Crippen LogP contribution in [0.25, 0.3) is 0 Å². The highest BCUT2D eigenvalue weighted by Crippen LogP contribution is 2.42. The van der Waals surface area contributed by atoms with Crippen LogP contribution in [0.2, 0.25) is 0 Å². The molecule has 5 aliphatic rings. The fourth-order valence-corrected chi connectivity index (χ4v) is 8.50. The molecule has 5 rings (SSSR count). The van der Waals surface area contributed by atoms with E-state index in [1.54, 1.807) is 12.1 Å². The van der Waals surface area contributed by atoms with Crippen molar-refractivity contribution in [1.29, 1.82) is 0 Å². The van der Waals surface area contributed by atoms with Crippen LogP contribution in [0.5, 0.6) is 0 Å². The second kappa shape index (κ2) is 10.0. The molecule has 3 aliphatic carbocycles. The maximum atomic E-state index is 13.6. The molecule has 3 saturated carbocycles. The van der Waals surface area contributed by atoms with Crippen LogP contribution in [0, 0.1) is 17.8 Å². The number of carbonyl (C=O) groups excluding carboxylic acids is 1. The number of nitrogens with one attached hydrogen (secondary N) is 2. The van der Waals surface area contributed by atoms with Gasteiger partial charge in [-0.2, -0.15) is 10.6 Å². The van der Waals surface area contributed by atoms with E-state index < -0.39 is 15.3 Å². The molecule has 2 aliphatic heterocycles. The van der Waals surface area contributed by atoms with Crippen LogP contribution >= 0.6 is 0 Å². The van der Waals surface area contributed by atoms with Gasteiger partial charge in [-0.1, -0.05) is 6.42 Å². The standard InChI is InChI=1S/C25H42N4O5S/c1-16-11-19(34-27-16)15-29-24(30)22-14-20(35(31,32)28-25(2)9-10-25)7-8-21(22)23(26-29)13-17-5-4-6-18(12-17)33-3/h16-22,27-28H,4-15H2,1-3H3. The lowest BCUT2D eigenvalue weighted by Gasteiger charge is -2.42. The van der Waals surface area contributed by atoms with Gasteiger partial charge in [0.25, 0.3) is 0 Å². The van der Waals surface area contributed by atoms with Crippen molar-refractivity contribution in [2.24, 2.45) is 22.9 Å². The SMILES string of the molecule is COC1CCCC(CC2=NN(CC3CC(C)NO3)C(=O)C3CC(S(=O)(=O)NC4(C)CC4)CCC23)C1. The predicted molar refractivity (Wildman–Crippen MR) is 133 cm³/mol. The van der Waals surface area contributed by atoms with E-state index >= 15 is 0 Å². The Kier molecular flexibility index (Phi) is 7.31. The van der Waals surface area contributed by atoms with Crippen LogP contribution in [0.15, 0.2) is 5.10 Å². The summed E-state index contributed by atoms with van der Waals surface area (Å²) >= 11 is 0. The average Bonchev–Trinajstić information content (AvgIpc) is 3.40. The highest BCUT2D eigenvalue weighted by Gasteiger charge is 2.49. The molecule has 0 aromatic heterocycles. The van der Waals surface area contributed by atoms with Crippen LogP contribution in [0.4, 0.5) is 0 Å². The van der Waals surface area contributed by atoms with E-state index in [1.807, 2.05) is 6.92 Å². The number of amides is 1. The molecule has 0 aromatic carbocycles. The normalized spacial score (nSPS) is 39.3. The maximum absolute atomic E-state index is 13.6. The average molecular weight is 511 g/mol. The monoisotopic (exact) mass is 510 g/mol. The van der Waals surface area contributed by atoms with E-state index in [9.17, 15) is 13.2 Å². The van der Waals surface area contributed by atoms with Crippen LogP contribution < -0.4 is 10.2 Å². The van der Waals surface area contributed by atoms with Crippen LogP contribution in [-0.2, 0) is 24.4 Å². The lowest BCUT2D eigenvalue weighted by molar-refractivity contribution is -0.141. The number of rotatable bonds is 8. The van der Waals surface area contributed by atoms with Gasteiger partial charge in [-0.3, -0.25) is 9.63 Å². The van der Waals surface area contributed by atoms with Crippen molar-refractivity contribution in [2.75, 3.05) is 13.7 Å². The topological polar surface area (TPSA) is 109 Å². The summed E-state index contributed by atoms with van der Waals surface area (Å²) in [4.78, 5) is 19.3. The third-order valence-corrected chi connectivity index (χ3v) is 11.0. The Bertz CT molecular complexity index is 936. The van der Waals surface area contributed by atoms with Crippen LogP contribution in [0.3, 0.4) is 0 Å². The summed E-state index contributed by atoms with van der Waals surface area (Å²) in [5, 5.41) is 6.00. The van der Waals surface area contributed by atoms with Gasteiger partial charge < -0.3 is 4.74 Å². The quantitative estimate of drug-likeness (QED) is 0.520. The molecule has 0 radical (unpaired) electrons. The van der Waals surface area contributed by atoms with Gasteiger partial charge in [0.05, 0.1) is 17.9 Å². The molecule has 10 heteroatoms. The van der Waals surface area contributed by atoms with Crippen molar-refractivity contribution in [2.45, 2.75) is 114 Å². The first-order valence-corrected chi connectivity index (χ1v) is 15.1. The number of hydrogen-bond acceptors (Lipinski definition) is 7. The number of hydrogen-bond donors (Lipinski definition) is 2. The highest BCUT2D eigenvalue weighted by atomic mass is 32.2. The summed E-state index contributed by atoms with van der Waals surface area (Å²) in [5.74, 6) is 0.146. The number of carbonyl (C=O) groups is 1. The van der Waals surface area contributed by atoms with E-state index in [-0.39, 0.29) is 35.4 Å². The first-order chi connectivity index (χ1) is 16.7. The van der Waals surface area contributed by atoms with Gasteiger partial charge in [-0.05, 0) is 84.0 Å². The van der Waals surface area contributed by atoms with Crippen molar-refractivity contribution in [3.8, 4) is 0 Å². The van der Waals surface area contributed by atoms with E-state index in [4.69, 9.17) is 14.7 Å². The number of sulfonamides is 1. The van der Waals surface area contributed by atoms with Gasteiger partial charge in [-0.25, -0.2) is 18.1 Å². The smallest absolute Gasteiger partial charge is 0.246 e. The van der Waals surface area contributed by atoms with Crippen molar-refractivity contribution in [1.82, 2.24) is 15.2 Å². The summed E-state index contributed by atoms with van der Waals surface area (Å²) in [6, 6.07) is 0.239. The minimum absolute atomic E-state index is 0.0335. The molecule has 0 bridgehead atoms. The zero-order valence-corrected chi connectivity index (χ0v) is 22.2. The molecule has 1 saturated heterocycles. The Morgan fingerprint density at radius 2 is 1.97 bits per heavy atom. The highest BCUT2D eigenvalue weighted by molar-refractivity contribution is 7.90. The molecule has 0 spiro atoms. The largest absolute Gasteiger partial charge is 0.381 e. The Labute approximate surface area is 209 Å². The number of fused-ring (bicyclic) bond motifs is 1. The number of methoxy groups -OCH3 is 1. The molecular weight excluding hydrogens is 468 g/mol. The van der Waals surface area contributed by atoms with Crippen LogP contribution in [0.1, 0.15) is 84.5 Å². The molecule has 9 nitrogen and oxygen atoms in total. The first kappa shape index (κ1) is 25.6. The van der Waals surface area contributed by atoms with Crippen molar-refractivity contribution in [3.63, 3.8) is 0 Å². The van der Waals surface area contributed by atoms with Crippen LogP contribution in [-0.4, -0.2) is 67.7 Å². The van der Waals surface area contributed by atoms with Gasteiger partial charge in [0.15, 0.2) is 0 Å². The molecule has 2 N–H and O–H groups in total. The molecule has 2 heterocycles. The number of hydroxylamine groups is 1. The van der Waals surface area contributed by atoms with Crippen molar-refractivity contribution >= 4 is 21.6 Å². The summed E-state index contributed by atoms with van der Waals surface area (Å²) < 4.78 is 34.9. The first-order valence-electron chi connectivity index (χ1n) is 13.5. The van der Waals surface area contributed by atoms with Crippen molar-refractivity contribution in [3.05, 3.63) is 0 Å². The Hall–Kier alpha value is -1.07. The molecule has 7 atom stereocenters. The Balaban J connectivity index is 1.34. The van der Waals surface area contributed by atoms with Gasteiger partial charge in [0.2, 0.25) is 15.9 Å². The summed E-state index contributed by atoms with van der Waals surface area (Å²) in [6.45, 7) is 4.42. The van der Waals surface area contributed by atoms with Crippen molar-refractivity contribution < 1.29 is 22.8 Å². The molecule has 0 aromatic rings. The van der Waals surface area contributed by atoms with E-state index in [1.165, 1.54) is 0 Å². The van der Waals surface area contributed by atoms with E-state index in [0.29, 0.717) is 37.8 Å². The van der Waals surface area contributed by atoms with Gasteiger partial charge in [0.1, 0.15) is 6.10 Å². The van der Waals surface area contributed by atoms with Gasteiger partial charge in [0, 0.05) is 36.2 Å². The molecule has 1 amide bonds. The number of nitrogens with zero attached hydrogens (tertiary/aromatic N) is 2. The molecule has 4 fully saturated rings.